The molecule has 6 nitrogen and oxygen atoms in total. The Balaban J connectivity index is 1.71. The lowest BCUT2D eigenvalue weighted by molar-refractivity contribution is 0.327. The highest BCUT2D eigenvalue weighted by Crippen LogP contribution is 2.23. The number of benzene rings is 1. The number of nitriles is 1. The maximum Gasteiger partial charge on any atom is 0.243 e. The number of nitrogens with one attached hydrogen (secondary N) is 1. The van der Waals surface area contributed by atoms with Crippen LogP contribution in [-0.4, -0.2) is 36.8 Å². The summed E-state index contributed by atoms with van der Waals surface area (Å²) >= 11 is 3.32. The largest absolute Gasteiger partial charge is 0.380 e. The summed E-state index contributed by atoms with van der Waals surface area (Å²) in [7, 11) is -3.50. The number of piperidine rings is 1. The molecular weight excluding hydrogens is 404 g/mol. The van der Waals surface area contributed by atoms with Crippen molar-refractivity contribution in [2.45, 2.75) is 23.8 Å². The van der Waals surface area contributed by atoms with Crippen LogP contribution < -0.4 is 5.32 Å². The molecule has 1 unspecified atom stereocenters. The van der Waals surface area contributed by atoms with Gasteiger partial charge in [0, 0.05) is 23.6 Å². The Labute approximate surface area is 155 Å². The molecule has 0 saturated carbocycles. The summed E-state index contributed by atoms with van der Waals surface area (Å²) in [6.07, 6.45) is 3.27. The van der Waals surface area contributed by atoms with Gasteiger partial charge < -0.3 is 5.32 Å². The van der Waals surface area contributed by atoms with Gasteiger partial charge in [-0.15, -0.1) is 0 Å². The van der Waals surface area contributed by atoms with Crippen molar-refractivity contribution in [1.82, 2.24) is 9.29 Å². The molecule has 25 heavy (non-hydrogen) atoms. The van der Waals surface area contributed by atoms with E-state index in [0.717, 1.165) is 23.0 Å². The minimum atomic E-state index is -3.50. The van der Waals surface area contributed by atoms with E-state index in [2.05, 4.69) is 26.2 Å². The van der Waals surface area contributed by atoms with E-state index in [1.165, 1.54) is 4.31 Å². The highest BCUT2D eigenvalue weighted by molar-refractivity contribution is 9.10. The zero-order valence-electron chi connectivity index (χ0n) is 13.4. The molecule has 2 aromatic rings. The van der Waals surface area contributed by atoms with Crippen LogP contribution in [0.1, 0.15) is 18.5 Å². The SMILES string of the molecule is N#Cc1ccc(NC2CCCN(S(=O)(=O)c3ccc(Br)cc3)C2)cn1. The Bertz CT molecular complexity index is 876. The van der Waals surface area contributed by atoms with Gasteiger partial charge in [0.15, 0.2) is 0 Å². The molecule has 1 N–H and O–H groups in total. The summed E-state index contributed by atoms with van der Waals surface area (Å²) < 4.78 is 28.0. The van der Waals surface area contributed by atoms with Crippen molar-refractivity contribution in [1.29, 1.82) is 5.26 Å². The van der Waals surface area contributed by atoms with Crippen molar-refractivity contribution in [3.05, 3.63) is 52.8 Å². The summed E-state index contributed by atoms with van der Waals surface area (Å²) in [6.45, 7) is 0.917. The number of anilines is 1. The number of hydrogen-bond donors (Lipinski definition) is 1. The van der Waals surface area contributed by atoms with Crippen LogP contribution in [0.3, 0.4) is 0 Å². The smallest absolute Gasteiger partial charge is 0.243 e. The van der Waals surface area contributed by atoms with E-state index in [-0.39, 0.29) is 6.04 Å². The van der Waals surface area contributed by atoms with E-state index in [4.69, 9.17) is 5.26 Å². The lowest BCUT2D eigenvalue weighted by Gasteiger charge is -2.32. The molecule has 1 aromatic carbocycles. The number of nitrogens with zero attached hydrogens (tertiary/aromatic N) is 3. The number of pyridine rings is 1. The molecule has 0 bridgehead atoms. The number of aromatic nitrogens is 1. The van der Waals surface area contributed by atoms with Crippen molar-refractivity contribution in [2.24, 2.45) is 0 Å². The molecule has 1 saturated heterocycles. The van der Waals surface area contributed by atoms with Gasteiger partial charge in [-0.05, 0) is 49.2 Å². The van der Waals surface area contributed by atoms with Crippen molar-refractivity contribution in [3.8, 4) is 6.07 Å². The third-order valence-electron chi connectivity index (χ3n) is 4.08. The number of hydrogen-bond acceptors (Lipinski definition) is 5. The minimum absolute atomic E-state index is 0.00806. The van der Waals surface area contributed by atoms with Gasteiger partial charge in [0.05, 0.1) is 16.8 Å². The molecule has 0 aliphatic carbocycles. The second-order valence-electron chi connectivity index (χ2n) is 5.84. The van der Waals surface area contributed by atoms with E-state index in [0.29, 0.717) is 23.7 Å². The minimum Gasteiger partial charge on any atom is -0.380 e. The quantitative estimate of drug-likeness (QED) is 0.821. The second-order valence-corrected chi connectivity index (χ2v) is 8.70. The molecule has 1 fully saturated rings. The third-order valence-corrected chi connectivity index (χ3v) is 6.49. The van der Waals surface area contributed by atoms with E-state index in [1.54, 1.807) is 42.6 Å². The van der Waals surface area contributed by atoms with E-state index in [9.17, 15) is 8.42 Å². The van der Waals surface area contributed by atoms with Crippen LogP contribution in [0.5, 0.6) is 0 Å². The van der Waals surface area contributed by atoms with Gasteiger partial charge in [0.2, 0.25) is 10.0 Å². The molecule has 1 atom stereocenters. The Hall–Kier alpha value is -1.95. The molecular formula is C17H17BrN4O2S. The molecule has 0 radical (unpaired) electrons. The molecule has 1 aliphatic rings. The standard InChI is InChI=1S/C17H17BrN4O2S/c18-13-3-7-17(8-4-13)25(23,24)22-9-1-2-16(12-22)21-15-6-5-14(10-19)20-11-15/h3-8,11,16,21H,1-2,9,12H2. The van der Waals surface area contributed by atoms with Crippen molar-refractivity contribution < 1.29 is 8.42 Å². The average molecular weight is 421 g/mol. The molecule has 3 rings (SSSR count). The van der Waals surface area contributed by atoms with Crippen molar-refractivity contribution >= 4 is 31.6 Å². The zero-order valence-corrected chi connectivity index (χ0v) is 15.8. The van der Waals surface area contributed by atoms with Crippen LogP contribution in [-0.2, 0) is 10.0 Å². The second kappa shape index (κ2) is 7.52. The zero-order chi connectivity index (χ0) is 17.9. The molecule has 8 heteroatoms. The topological polar surface area (TPSA) is 86.1 Å². The van der Waals surface area contributed by atoms with Gasteiger partial charge >= 0.3 is 0 Å². The third kappa shape index (κ3) is 4.18. The fourth-order valence-corrected chi connectivity index (χ4v) is 4.60. The summed E-state index contributed by atoms with van der Waals surface area (Å²) in [6, 6.07) is 12.1. The monoisotopic (exact) mass is 420 g/mol. The predicted octanol–water partition coefficient (Wildman–Crippen LogP) is 2.98. The molecule has 1 aromatic heterocycles. The number of sulfonamides is 1. The summed E-state index contributed by atoms with van der Waals surface area (Å²) in [5, 5.41) is 12.1. The highest BCUT2D eigenvalue weighted by atomic mass is 79.9. The Morgan fingerprint density at radius 1 is 1.24 bits per heavy atom. The number of halogens is 1. The van der Waals surface area contributed by atoms with Gasteiger partial charge in [-0.2, -0.15) is 9.57 Å². The van der Waals surface area contributed by atoms with Crippen LogP contribution in [0.4, 0.5) is 5.69 Å². The highest BCUT2D eigenvalue weighted by Gasteiger charge is 2.30. The lowest BCUT2D eigenvalue weighted by atomic mass is 10.1. The van der Waals surface area contributed by atoms with Crippen LogP contribution in [0, 0.1) is 11.3 Å². The van der Waals surface area contributed by atoms with E-state index < -0.39 is 10.0 Å². The maximum absolute atomic E-state index is 12.8. The first-order chi connectivity index (χ1) is 12.0. The fourth-order valence-electron chi connectivity index (χ4n) is 2.82. The van der Waals surface area contributed by atoms with Crippen LogP contribution in [0.25, 0.3) is 0 Å². The van der Waals surface area contributed by atoms with Gasteiger partial charge in [-0.25, -0.2) is 13.4 Å². The fraction of sp³-hybridized carbons (Fsp3) is 0.294. The van der Waals surface area contributed by atoms with Gasteiger partial charge in [-0.1, -0.05) is 15.9 Å². The first-order valence-corrected chi connectivity index (χ1v) is 10.1. The molecule has 0 spiro atoms. The van der Waals surface area contributed by atoms with Gasteiger partial charge in [0.1, 0.15) is 11.8 Å². The van der Waals surface area contributed by atoms with Crippen LogP contribution in [0.2, 0.25) is 0 Å². The molecule has 1 aliphatic heterocycles. The Kier molecular flexibility index (Phi) is 5.37. The maximum atomic E-state index is 12.8. The van der Waals surface area contributed by atoms with Crippen molar-refractivity contribution in [2.75, 3.05) is 18.4 Å². The normalized spacial score (nSPS) is 18.5. The van der Waals surface area contributed by atoms with Gasteiger partial charge in [0.25, 0.3) is 0 Å². The van der Waals surface area contributed by atoms with Crippen LogP contribution >= 0.6 is 15.9 Å². The van der Waals surface area contributed by atoms with E-state index >= 15 is 0 Å². The predicted molar refractivity (Wildman–Crippen MR) is 98.5 cm³/mol. The Morgan fingerprint density at radius 2 is 2.00 bits per heavy atom. The number of rotatable bonds is 4. The Morgan fingerprint density at radius 3 is 2.64 bits per heavy atom. The van der Waals surface area contributed by atoms with Crippen LogP contribution in [0.15, 0.2) is 52.0 Å². The first-order valence-electron chi connectivity index (χ1n) is 7.87. The summed E-state index contributed by atoms with van der Waals surface area (Å²) in [5.74, 6) is 0. The molecule has 2 heterocycles. The summed E-state index contributed by atoms with van der Waals surface area (Å²) in [4.78, 5) is 4.33. The average Bonchev–Trinajstić information content (AvgIpc) is 2.63. The molecule has 0 amide bonds. The lowest BCUT2D eigenvalue weighted by Crippen LogP contribution is -2.45. The molecule has 130 valence electrons. The van der Waals surface area contributed by atoms with E-state index in [1.807, 2.05) is 6.07 Å². The summed E-state index contributed by atoms with van der Waals surface area (Å²) in [5.41, 5.74) is 1.14. The van der Waals surface area contributed by atoms with Gasteiger partial charge in [-0.3, -0.25) is 0 Å². The van der Waals surface area contributed by atoms with Crippen molar-refractivity contribution in [3.63, 3.8) is 0 Å². The first kappa shape index (κ1) is 17.9.